The van der Waals surface area contributed by atoms with Crippen molar-refractivity contribution < 1.29 is 31.1 Å². The standard InChI is InChI=1S/C21H30ClN7O2.BrH/c1-14-6-8-15(9-7-14)20(30)25-10-4-5-12-29(2,3)13-11-26-21(31)16-18(23)28-19(24)17(22)27-16;/h6-9H,4-5,10-13H2,1-3H3,(H5-,23,24,25,26,28,30,31);1H. The van der Waals surface area contributed by atoms with Crippen LogP contribution in [-0.2, 0) is 0 Å². The van der Waals surface area contributed by atoms with Gasteiger partial charge in [-0.3, -0.25) is 9.59 Å². The summed E-state index contributed by atoms with van der Waals surface area (Å²) in [7, 11) is 4.18. The van der Waals surface area contributed by atoms with Gasteiger partial charge >= 0.3 is 0 Å². The molecular weight excluding hydrogens is 498 g/mol. The van der Waals surface area contributed by atoms with Gasteiger partial charge in [-0.05, 0) is 31.9 Å². The van der Waals surface area contributed by atoms with E-state index in [0.29, 0.717) is 18.7 Å². The van der Waals surface area contributed by atoms with Crippen molar-refractivity contribution in [2.75, 3.05) is 51.7 Å². The second-order valence-electron chi connectivity index (χ2n) is 8.10. The van der Waals surface area contributed by atoms with Crippen LogP contribution in [0.25, 0.3) is 0 Å². The maximum Gasteiger partial charge on any atom is 0.273 e. The highest BCUT2D eigenvalue weighted by atomic mass is 79.9. The Kier molecular flexibility index (Phi) is 10.8. The molecule has 0 fully saturated rings. The van der Waals surface area contributed by atoms with E-state index >= 15 is 0 Å². The smallest absolute Gasteiger partial charge is 0.273 e. The Hall–Kier alpha value is -2.43. The summed E-state index contributed by atoms with van der Waals surface area (Å²) in [5, 5.41) is 5.68. The van der Waals surface area contributed by atoms with Gasteiger partial charge in [-0.15, -0.1) is 0 Å². The number of carbonyl (C=O) groups is 2. The average Bonchev–Trinajstić information content (AvgIpc) is 2.70. The fraction of sp³-hybridized carbons (Fsp3) is 0.429. The lowest BCUT2D eigenvalue weighted by atomic mass is 10.1. The fourth-order valence-corrected chi connectivity index (χ4v) is 3.08. The number of benzene rings is 1. The molecule has 0 saturated heterocycles. The Morgan fingerprint density at radius 2 is 1.56 bits per heavy atom. The van der Waals surface area contributed by atoms with E-state index in [1.165, 1.54) is 0 Å². The molecule has 0 aliphatic heterocycles. The number of carbonyl (C=O) groups excluding carboxylic acids is 2. The van der Waals surface area contributed by atoms with Gasteiger partial charge in [0.2, 0.25) is 0 Å². The van der Waals surface area contributed by atoms with E-state index in [9.17, 15) is 9.59 Å². The van der Waals surface area contributed by atoms with Crippen LogP contribution in [0, 0.1) is 6.92 Å². The number of amides is 2. The fourth-order valence-electron chi connectivity index (χ4n) is 2.95. The monoisotopic (exact) mass is 527 g/mol. The van der Waals surface area contributed by atoms with Crippen molar-refractivity contribution in [1.82, 2.24) is 20.6 Å². The maximum atomic E-state index is 12.3. The summed E-state index contributed by atoms with van der Waals surface area (Å²) in [6.07, 6.45) is 1.82. The average molecular weight is 529 g/mol. The topological polar surface area (TPSA) is 136 Å². The van der Waals surface area contributed by atoms with Crippen LogP contribution in [0.2, 0.25) is 5.15 Å². The lowest BCUT2D eigenvalue weighted by Gasteiger charge is -2.30. The number of aryl methyl sites for hydroxylation is 1. The number of unbranched alkanes of at least 4 members (excludes halogenated alkanes) is 1. The van der Waals surface area contributed by atoms with Crippen LogP contribution in [-0.4, -0.2) is 66.5 Å². The number of nitrogens with zero attached hydrogens (tertiary/aromatic N) is 3. The number of likely N-dealkylation sites (N-methyl/N-ethyl adjacent to an activating group) is 1. The van der Waals surface area contributed by atoms with Crippen molar-refractivity contribution >= 4 is 35.1 Å². The van der Waals surface area contributed by atoms with E-state index in [1.807, 2.05) is 31.2 Å². The Morgan fingerprint density at radius 1 is 0.938 bits per heavy atom. The number of aromatic nitrogens is 2. The molecule has 0 bridgehead atoms. The predicted octanol–water partition coefficient (Wildman–Crippen LogP) is -1.38. The van der Waals surface area contributed by atoms with Crippen molar-refractivity contribution in [3.63, 3.8) is 0 Å². The Labute approximate surface area is 204 Å². The Bertz CT molecular complexity index is 923. The van der Waals surface area contributed by atoms with Gasteiger partial charge in [-0.25, -0.2) is 9.97 Å². The number of rotatable bonds is 10. The highest BCUT2D eigenvalue weighted by Gasteiger charge is 2.18. The van der Waals surface area contributed by atoms with E-state index < -0.39 is 5.91 Å². The normalized spacial score (nSPS) is 10.9. The first kappa shape index (κ1) is 27.6. The molecule has 0 spiro atoms. The second kappa shape index (κ2) is 12.6. The third-order valence-electron chi connectivity index (χ3n) is 4.91. The number of nitrogens with one attached hydrogen (secondary N) is 2. The molecule has 0 unspecified atom stereocenters. The van der Waals surface area contributed by atoms with Gasteiger partial charge in [0.25, 0.3) is 11.8 Å². The number of halogens is 2. The van der Waals surface area contributed by atoms with Gasteiger partial charge in [0.05, 0.1) is 33.7 Å². The molecule has 0 atom stereocenters. The number of quaternary nitrogens is 1. The summed E-state index contributed by atoms with van der Waals surface area (Å²) < 4.78 is 0.718. The van der Waals surface area contributed by atoms with Crippen molar-refractivity contribution in [2.24, 2.45) is 0 Å². The summed E-state index contributed by atoms with van der Waals surface area (Å²) in [6, 6.07) is 7.51. The Morgan fingerprint density at radius 3 is 2.22 bits per heavy atom. The van der Waals surface area contributed by atoms with Crippen LogP contribution in [0.15, 0.2) is 24.3 Å². The van der Waals surface area contributed by atoms with E-state index in [2.05, 4.69) is 34.7 Å². The molecule has 0 aliphatic rings. The molecule has 176 valence electrons. The zero-order valence-corrected chi connectivity index (χ0v) is 21.0. The molecular formula is C21H31BrClN7O2. The summed E-state index contributed by atoms with van der Waals surface area (Å²) in [5.41, 5.74) is 13.0. The zero-order valence-electron chi connectivity index (χ0n) is 18.6. The van der Waals surface area contributed by atoms with Gasteiger partial charge in [0.15, 0.2) is 22.5 Å². The van der Waals surface area contributed by atoms with Crippen LogP contribution < -0.4 is 39.1 Å². The molecule has 11 heteroatoms. The molecule has 2 rings (SSSR count). The SMILES string of the molecule is Cc1ccc(C(=O)NCCCC[N+](C)(C)CCNC(=O)c2nc(Cl)c(N)nc2N)cc1.[Br-]. The van der Waals surface area contributed by atoms with E-state index in [1.54, 1.807) is 0 Å². The summed E-state index contributed by atoms with van der Waals surface area (Å²) in [5.74, 6) is -0.559. The summed E-state index contributed by atoms with van der Waals surface area (Å²) >= 11 is 5.82. The largest absolute Gasteiger partial charge is 1.00 e. The first-order chi connectivity index (χ1) is 14.6. The Balaban J connectivity index is 0.00000512. The highest BCUT2D eigenvalue weighted by Crippen LogP contribution is 2.17. The van der Waals surface area contributed by atoms with Gasteiger partial charge in [0, 0.05) is 12.1 Å². The van der Waals surface area contributed by atoms with Crippen LogP contribution >= 0.6 is 11.6 Å². The molecule has 32 heavy (non-hydrogen) atoms. The van der Waals surface area contributed by atoms with Crippen LogP contribution in [0.4, 0.5) is 11.6 Å². The minimum Gasteiger partial charge on any atom is -1.00 e. The van der Waals surface area contributed by atoms with E-state index in [4.69, 9.17) is 23.1 Å². The molecule has 0 saturated carbocycles. The number of hydrogen-bond donors (Lipinski definition) is 4. The minimum atomic E-state index is -0.439. The number of nitrogen functional groups attached to an aromatic ring is 2. The molecule has 1 aromatic heterocycles. The summed E-state index contributed by atoms with van der Waals surface area (Å²) in [4.78, 5) is 32.1. The molecule has 9 nitrogen and oxygen atoms in total. The predicted molar refractivity (Wildman–Crippen MR) is 123 cm³/mol. The highest BCUT2D eigenvalue weighted by molar-refractivity contribution is 6.31. The third kappa shape index (κ3) is 8.60. The molecule has 2 amide bonds. The lowest BCUT2D eigenvalue weighted by molar-refractivity contribution is -0.889. The van der Waals surface area contributed by atoms with Crippen molar-refractivity contribution in [2.45, 2.75) is 19.8 Å². The molecule has 1 heterocycles. The first-order valence-corrected chi connectivity index (χ1v) is 10.5. The number of nitrogens with two attached hydrogens (primary N) is 2. The molecule has 0 radical (unpaired) electrons. The third-order valence-corrected chi connectivity index (χ3v) is 5.19. The first-order valence-electron chi connectivity index (χ1n) is 10.1. The van der Waals surface area contributed by atoms with E-state index in [0.717, 1.165) is 36.0 Å². The second-order valence-corrected chi connectivity index (χ2v) is 8.46. The van der Waals surface area contributed by atoms with Gasteiger partial charge in [-0.1, -0.05) is 29.3 Å². The quantitative estimate of drug-likeness (QED) is 0.222. The van der Waals surface area contributed by atoms with Crippen LogP contribution in [0.1, 0.15) is 39.3 Å². The molecule has 1 aromatic carbocycles. The van der Waals surface area contributed by atoms with E-state index in [-0.39, 0.29) is 45.4 Å². The van der Waals surface area contributed by atoms with Crippen molar-refractivity contribution in [3.8, 4) is 0 Å². The van der Waals surface area contributed by atoms with Crippen LogP contribution in [0.3, 0.4) is 0 Å². The summed E-state index contributed by atoms with van der Waals surface area (Å²) in [6.45, 7) is 4.69. The minimum absolute atomic E-state index is 0. The molecule has 0 aliphatic carbocycles. The molecule has 6 N–H and O–H groups in total. The van der Waals surface area contributed by atoms with Gasteiger partial charge < -0.3 is 43.6 Å². The lowest BCUT2D eigenvalue weighted by Crippen LogP contribution is -3.00. The zero-order chi connectivity index (χ0) is 23.0. The van der Waals surface area contributed by atoms with Crippen molar-refractivity contribution in [1.29, 1.82) is 0 Å². The number of anilines is 2. The van der Waals surface area contributed by atoms with Crippen molar-refractivity contribution in [3.05, 3.63) is 46.2 Å². The molecule has 2 aromatic rings. The van der Waals surface area contributed by atoms with Gasteiger partial charge in [-0.2, -0.15) is 0 Å². The number of hydrogen-bond acceptors (Lipinski definition) is 6. The van der Waals surface area contributed by atoms with Gasteiger partial charge in [0.1, 0.15) is 0 Å². The van der Waals surface area contributed by atoms with Crippen LogP contribution in [0.5, 0.6) is 0 Å². The maximum absolute atomic E-state index is 12.3.